The molecule has 0 spiro atoms. The summed E-state index contributed by atoms with van der Waals surface area (Å²) in [7, 11) is 0. The summed E-state index contributed by atoms with van der Waals surface area (Å²) in [6.07, 6.45) is 0. The van der Waals surface area contributed by atoms with Crippen LogP contribution in [0.25, 0.3) is 0 Å². The number of nitrogens with one attached hydrogen (secondary N) is 1. The molecule has 0 fully saturated rings. The lowest BCUT2D eigenvalue weighted by Crippen LogP contribution is -2.29. The number of nitrogens with two attached hydrogens (primary N) is 1. The molecule has 0 aromatic carbocycles. The summed E-state index contributed by atoms with van der Waals surface area (Å²) in [6, 6.07) is 0. The number of carbonyl (C=O) groups excluding carboxylic acids is 1. The number of nitrogens with zero attached hydrogens (tertiary/aromatic N) is 1. The fraction of sp³-hybridized carbons (Fsp3) is 0.500. The fourth-order valence-corrected chi connectivity index (χ4v) is 1.08. The van der Waals surface area contributed by atoms with Crippen molar-refractivity contribution in [2.24, 2.45) is 5.73 Å². The molecule has 0 aliphatic rings. The van der Waals surface area contributed by atoms with Crippen LogP contribution in [-0.2, 0) is 0 Å². The lowest BCUT2D eigenvalue weighted by atomic mass is 10.2. The molecular weight excluding hydrogens is 170 g/mol. The number of rotatable bonds is 3. The maximum absolute atomic E-state index is 11.4. The summed E-state index contributed by atoms with van der Waals surface area (Å²) in [5, 5.41) is 6.33. The van der Waals surface area contributed by atoms with Gasteiger partial charge in [-0.2, -0.15) is 0 Å². The molecule has 5 nitrogen and oxygen atoms in total. The first-order valence-electron chi connectivity index (χ1n) is 4.08. The number of hydrogen-bond donors (Lipinski definition) is 2. The number of aryl methyl sites for hydroxylation is 2. The van der Waals surface area contributed by atoms with E-state index < -0.39 is 0 Å². The Morgan fingerprint density at radius 1 is 1.62 bits per heavy atom. The first kappa shape index (κ1) is 9.73. The maximum atomic E-state index is 11.4. The van der Waals surface area contributed by atoms with Crippen molar-refractivity contribution in [2.45, 2.75) is 13.8 Å². The molecule has 0 radical (unpaired) electrons. The molecule has 1 aromatic heterocycles. The first-order chi connectivity index (χ1) is 6.16. The molecule has 0 aliphatic carbocycles. The largest absolute Gasteiger partial charge is 0.361 e. The monoisotopic (exact) mass is 183 g/mol. The molecule has 72 valence electrons. The number of amides is 1. The molecule has 1 aromatic rings. The van der Waals surface area contributed by atoms with E-state index >= 15 is 0 Å². The second kappa shape index (κ2) is 4.04. The third-order valence-electron chi connectivity index (χ3n) is 1.69. The van der Waals surface area contributed by atoms with Crippen LogP contribution in [0.1, 0.15) is 21.8 Å². The van der Waals surface area contributed by atoms with Gasteiger partial charge < -0.3 is 15.6 Å². The highest BCUT2D eigenvalue weighted by Gasteiger charge is 2.16. The third kappa shape index (κ3) is 2.06. The van der Waals surface area contributed by atoms with Gasteiger partial charge in [0.2, 0.25) is 0 Å². The molecule has 1 rings (SSSR count). The Balaban J connectivity index is 2.76. The molecule has 0 saturated carbocycles. The van der Waals surface area contributed by atoms with Crippen molar-refractivity contribution in [3.63, 3.8) is 0 Å². The van der Waals surface area contributed by atoms with Gasteiger partial charge in [0.05, 0.1) is 5.69 Å². The molecule has 13 heavy (non-hydrogen) atoms. The Kier molecular flexibility index (Phi) is 3.02. The van der Waals surface area contributed by atoms with Gasteiger partial charge in [0.1, 0.15) is 11.3 Å². The Morgan fingerprint density at radius 3 is 2.77 bits per heavy atom. The lowest BCUT2D eigenvalue weighted by Gasteiger charge is -2.01. The normalized spacial score (nSPS) is 10.1. The Labute approximate surface area is 76.3 Å². The SMILES string of the molecule is Cc1noc(C)c1C(=O)NCCN. The Bertz CT molecular complexity index is 287. The molecular formula is C8H13N3O2. The minimum Gasteiger partial charge on any atom is -0.361 e. The van der Waals surface area contributed by atoms with Crippen molar-refractivity contribution in [3.8, 4) is 0 Å². The summed E-state index contributed by atoms with van der Waals surface area (Å²) in [5.41, 5.74) is 6.36. The van der Waals surface area contributed by atoms with Crippen LogP contribution in [0.4, 0.5) is 0 Å². The van der Waals surface area contributed by atoms with Crippen LogP contribution in [0.2, 0.25) is 0 Å². The minimum absolute atomic E-state index is 0.179. The van der Waals surface area contributed by atoms with Gasteiger partial charge in [0.25, 0.3) is 5.91 Å². The average molecular weight is 183 g/mol. The molecule has 0 unspecified atom stereocenters. The summed E-state index contributed by atoms with van der Waals surface area (Å²) in [4.78, 5) is 11.4. The van der Waals surface area contributed by atoms with E-state index in [2.05, 4.69) is 10.5 Å². The van der Waals surface area contributed by atoms with E-state index in [0.29, 0.717) is 30.1 Å². The zero-order valence-corrected chi connectivity index (χ0v) is 7.76. The molecule has 0 bridgehead atoms. The highest BCUT2D eigenvalue weighted by Crippen LogP contribution is 2.11. The lowest BCUT2D eigenvalue weighted by molar-refractivity contribution is 0.0952. The van der Waals surface area contributed by atoms with Crippen LogP contribution >= 0.6 is 0 Å². The molecule has 5 heteroatoms. The third-order valence-corrected chi connectivity index (χ3v) is 1.69. The van der Waals surface area contributed by atoms with E-state index in [1.54, 1.807) is 13.8 Å². The van der Waals surface area contributed by atoms with Crippen LogP contribution in [0.5, 0.6) is 0 Å². The minimum atomic E-state index is -0.179. The van der Waals surface area contributed by atoms with Crippen molar-refractivity contribution in [1.29, 1.82) is 0 Å². The molecule has 0 atom stereocenters. The van der Waals surface area contributed by atoms with Crippen LogP contribution in [0.3, 0.4) is 0 Å². The van der Waals surface area contributed by atoms with E-state index in [-0.39, 0.29) is 5.91 Å². The second-order valence-corrected chi connectivity index (χ2v) is 2.74. The average Bonchev–Trinajstić information content (AvgIpc) is 2.42. The predicted octanol–water partition coefficient (Wildman–Crippen LogP) is -0.0201. The van der Waals surface area contributed by atoms with Crippen LogP contribution < -0.4 is 11.1 Å². The maximum Gasteiger partial charge on any atom is 0.256 e. The number of aromatic nitrogens is 1. The molecule has 1 heterocycles. The van der Waals surface area contributed by atoms with Crippen LogP contribution in [0, 0.1) is 13.8 Å². The van der Waals surface area contributed by atoms with E-state index in [9.17, 15) is 4.79 Å². The Morgan fingerprint density at radius 2 is 2.31 bits per heavy atom. The van der Waals surface area contributed by atoms with E-state index in [4.69, 9.17) is 10.3 Å². The fourth-order valence-electron chi connectivity index (χ4n) is 1.08. The predicted molar refractivity (Wildman–Crippen MR) is 47.4 cm³/mol. The highest BCUT2D eigenvalue weighted by molar-refractivity contribution is 5.96. The summed E-state index contributed by atoms with van der Waals surface area (Å²) < 4.78 is 4.85. The first-order valence-corrected chi connectivity index (χ1v) is 4.08. The van der Waals surface area contributed by atoms with Crippen molar-refractivity contribution in [3.05, 3.63) is 17.0 Å². The summed E-state index contributed by atoms with van der Waals surface area (Å²) >= 11 is 0. The van der Waals surface area contributed by atoms with Gasteiger partial charge in [-0.15, -0.1) is 0 Å². The highest BCUT2D eigenvalue weighted by atomic mass is 16.5. The number of hydrogen-bond acceptors (Lipinski definition) is 4. The summed E-state index contributed by atoms with van der Waals surface area (Å²) in [6.45, 7) is 4.32. The van der Waals surface area contributed by atoms with E-state index in [0.717, 1.165) is 0 Å². The van der Waals surface area contributed by atoms with Crippen molar-refractivity contribution in [2.75, 3.05) is 13.1 Å². The Hall–Kier alpha value is -1.36. The van der Waals surface area contributed by atoms with E-state index in [1.165, 1.54) is 0 Å². The van der Waals surface area contributed by atoms with Gasteiger partial charge >= 0.3 is 0 Å². The topological polar surface area (TPSA) is 81.2 Å². The zero-order chi connectivity index (χ0) is 9.84. The van der Waals surface area contributed by atoms with Gasteiger partial charge in [-0.05, 0) is 13.8 Å². The van der Waals surface area contributed by atoms with Gasteiger partial charge in [0.15, 0.2) is 0 Å². The quantitative estimate of drug-likeness (QED) is 0.690. The smallest absolute Gasteiger partial charge is 0.256 e. The molecule has 1 amide bonds. The molecule has 0 saturated heterocycles. The van der Waals surface area contributed by atoms with Gasteiger partial charge in [-0.25, -0.2) is 0 Å². The standard InChI is InChI=1S/C8H13N3O2/c1-5-7(6(2)13-11-5)8(12)10-4-3-9/h3-4,9H2,1-2H3,(H,10,12). The van der Waals surface area contributed by atoms with E-state index in [1.807, 2.05) is 0 Å². The summed E-state index contributed by atoms with van der Waals surface area (Å²) in [5.74, 6) is 0.355. The second-order valence-electron chi connectivity index (χ2n) is 2.74. The van der Waals surface area contributed by atoms with Gasteiger partial charge in [-0.1, -0.05) is 5.16 Å². The molecule has 0 aliphatic heterocycles. The zero-order valence-electron chi connectivity index (χ0n) is 7.76. The van der Waals surface area contributed by atoms with Crippen LogP contribution in [0.15, 0.2) is 4.52 Å². The van der Waals surface area contributed by atoms with Gasteiger partial charge in [-0.3, -0.25) is 4.79 Å². The molecule has 3 N–H and O–H groups in total. The van der Waals surface area contributed by atoms with Gasteiger partial charge in [0, 0.05) is 13.1 Å². The number of carbonyl (C=O) groups is 1. The van der Waals surface area contributed by atoms with Crippen molar-refractivity contribution >= 4 is 5.91 Å². The van der Waals surface area contributed by atoms with Crippen molar-refractivity contribution < 1.29 is 9.32 Å². The van der Waals surface area contributed by atoms with Crippen LogP contribution in [-0.4, -0.2) is 24.2 Å². The van der Waals surface area contributed by atoms with Crippen molar-refractivity contribution in [1.82, 2.24) is 10.5 Å².